The Morgan fingerprint density at radius 1 is 1.35 bits per heavy atom. The molecular formula is C13H15N3O. The minimum absolute atomic E-state index is 0.0552. The molecule has 0 aliphatic rings. The van der Waals surface area contributed by atoms with E-state index in [1.807, 2.05) is 29.8 Å². The maximum atomic E-state index is 12.2. The van der Waals surface area contributed by atoms with Crippen molar-refractivity contribution < 1.29 is 4.79 Å². The molecule has 88 valence electrons. The van der Waals surface area contributed by atoms with Crippen molar-refractivity contribution in [2.24, 2.45) is 5.73 Å². The summed E-state index contributed by atoms with van der Waals surface area (Å²) in [5, 5.41) is 0. The van der Waals surface area contributed by atoms with Crippen LogP contribution >= 0.6 is 0 Å². The van der Waals surface area contributed by atoms with Crippen LogP contribution in [0, 0.1) is 0 Å². The molecule has 0 radical (unpaired) electrons. The first-order valence-corrected chi connectivity index (χ1v) is 5.61. The zero-order valence-corrected chi connectivity index (χ0v) is 9.76. The number of benzene rings is 1. The number of carbonyl (C=O) groups is 1. The van der Waals surface area contributed by atoms with Crippen LogP contribution in [0.15, 0.2) is 36.7 Å². The van der Waals surface area contributed by atoms with Gasteiger partial charge in [-0.05, 0) is 12.5 Å². The fourth-order valence-electron chi connectivity index (χ4n) is 1.69. The Kier molecular flexibility index (Phi) is 3.35. The Morgan fingerprint density at radius 3 is 2.65 bits per heavy atom. The van der Waals surface area contributed by atoms with Gasteiger partial charge in [0, 0.05) is 31.0 Å². The van der Waals surface area contributed by atoms with E-state index in [1.165, 1.54) is 0 Å². The number of imidazole rings is 1. The van der Waals surface area contributed by atoms with Crippen LogP contribution in [0.4, 0.5) is 0 Å². The van der Waals surface area contributed by atoms with Gasteiger partial charge in [0.25, 0.3) is 0 Å². The van der Waals surface area contributed by atoms with Gasteiger partial charge in [-0.3, -0.25) is 4.79 Å². The van der Waals surface area contributed by atoms with Gasteiger partial charge in [-0.25, -0.2) is 4.98 Å². The molecule has 17 heavy (non-hydrogen) atoms. The monoisotopic (exact) mass is 229 g/mol. The third kappa shape index (κ3) is 2.26. The number of aryl methyl sites for hydroxylation is 1. The molecule has 0 saturated heterocycles. The second kappa shape index (κ2) is 4.93. The molecule has 0 atom stereocenters. The summed E-state index contributed by atoms with van der Waals surface area (Å²) >= 11 is 0. The lowest BCUT2D eigenvalue weighted by Gasteiger charge is -2.04. The van der Waals surface area contributed by atoms with Crippen LogP contribution in [0.2, 0.25) is 0 Å². The normalized spacial score (nSPS) is 10.5. The highest BCUT2D eigenvalue weighted by Crippen LogP contribution is 2.10. The van der Waals surface area contributed by atoms with Gasteiger partial charge in [-0.15, -0.1) is 0 Å². The van der Waals surface area contributed by atoms with Crippen molar-refractivity contribution in [2.75, 3.05) is 0 Å². The Bertz CT molecular complexity index is 514. The lowest BCUT2D eigenvalue weighted by atomic mass is 10.1. The molecule has 2 aromatic rings. The third-order valence-electron chi connectivity index (χ3n) is 2.71. The number of aromatic nitrogens is 2. The van der Waals surface area contributed by atoms with Crippen LogP contribution in [0.5, 0.6) is 0 Å². The first-order valence-electron chi connectivity index (χ1n) is 5.61. The summed E-state index contributed by atoms with van der Waals surface area (Å²) in [7, 11) is 0. The third-order valence-corrected chi connectivity index (χ3v) is 2.71. The van der Waals surface area contributed by atoms with Crippen molar-refractivity contribution in [2.45, 2.75) is 20.0 Å². The van der Waals surface area contributed by atoms with E-state index in [0.717, 1.165) is 12.1 Å². The van der Waals surface area contributed by atoms with E-state index in [2.05, 4.69) is 4.98 Å². The summed E-state index contributed by atoms with van der Waals surface area (Å²) in [6, 6.07) is 7.32. The van der Waals surface area contributed by atoms with Gasteiger partial charge in [-0.1, -0.05) is 24.3 Å². The summed E-state index contributed by atoms with van der Waals surface area (Å²) in [6.45, 7) is 3.20. The fraction of sp³-hybridized carbons (Fsp3) is 0.231. The highest BCUT2D eigenvalue weighted by Gasteiger charge is 2.13. The van der Waals surface area contributed by atoms with E-state index in [-0.39, 0.29) is 5.78 Å². The van der Waals surface area contributed by atoms with Crippen molar-refractivity contribution in [3.05, 3.63) is 53.6 Å². The molecule has 2 rings (SSSR count). The maximum absolute atomic E-state index is 12.2. The standard InChI is InChI=1S/C13H15N3O/c1-2-16-8-7-15-13(16)12(17)11-5-3-10(9-14)4-6-11/h3-8H,2,9,14H2,1H3. The second-order valence-electron chi connectivity index (χ2n) is 3.77. The minimum Gasteiger partial charge on any atom is -0.328 e. The Morgan fingerprint density at radius 2 is 2.06 bits per heavy atom. The maximum Gasteiger partial charge on any atom is 0.228 e. The topological polar surface area (TPSA) is 60.9 Å². The lowest BCUT2D eigenvalue weighted by molar-refractivity contribution is 0.102. The second-order valence-corrected chi connectivity index (χ2v) is 3.77. The van der Waals surface area contributed by atoms with Crippen LogP contribution in [-0.4, -0.2) is 15.3 Å². The number of nitrogens with zero attached hydrogens (tertiary/aromatic N) is 2. The predicted octanol–water partition coefficient (Wildman–Crippen LogP) is 1.59. The van der Waals surface area contributed by atoms with Crippen molar-refractivity contribution >= 4 is 5.78 Å². The van der Waals surface area contributed by atoms with E-state index in [0.29, 0.717) is 17.9 Å². The largest absolute Gasteiger partial charge is 0.328 e. The van der Waals surface area contributed by atoms with Crippen molar-refractivity contribution in [1.82, 2.24) is 9.55 Å². The summed E-state index contributed by atoms with van der Waals surface area (Å²) in [4.78, 5) is 16.3. The van der Waals surface area contributed by atoms with Gasteiger partial charge in [0.2, 0.25) is 5.78 Å². The molecule has 4 heteroatoms. The summed E-state index contributed by atoms with van der Waals surface area (Å²) < 4.78 is 1.83. The molecule has 4 nitrogen and oxygen atoms in total. The van der Waals surface area contributed by atoms with Crippen LogP contribution in [0.25, 0.3) is 0 Å². The summed E-state index contributed by atoms with van der Waals surface area (Å²) in [5.41, 5.74) is 7.17. The number of ketones is 1. The van der Waals surface area contributed by atoms with Gasteiger partial charge in [-0.2, -0.15) is 0 Å². The molecule has 0 bridgehead atoms. The van der Waals surface area contributed by atoms with E-state index in [1.54, 1.807) is 18.3 Å². The van der Waals surface area contributed by atoms with Crippen LogP contribution < -0.4 is 5.73 Å². The average molecular weight is 229 g/mol. The molecule has 0 fully saturated rings. The van der Waals surface area contributed by atoms with Crippen LogP contribution in [0.3, 0.4) is 0 Å². The molecule has 0 aliphatic heterocycles. The van der Waals surface area contributed by atoms with Gasteiger partial charge >= 0.3 is 0 Å². The van der Waals surface area contributed by atoms with Crippen LogP contribution in [0.1, 0.15) is 28.7 Å². The summed E-state index contributed by atoms with van der Waals surface area (Å²) in [5.74, 6) is 0.424. The molecule has 1 heterocycles. The fourth-order valence-corrected chi connectivity index (χ4v) is 1.69. The Hall–Kier alpha value is -1.94. The SMILES string of the molecule is CCn1ccnc1C(=O)c1ccc(CN)cc1. The van der Waals surface area contributed by atoms with Gasteiger partial charge in [0.1, 0.15) is 0 Å². The lowest BCUT2D eigenvalue weighted by Crippen LogP contribution is -2.10. The highest BCUT2D eigenvalue weighted by atomic mass is 16.1. The zero-order chi connectivity index (χ0) is 12.3. The highest BCUT2D eigenvalue weighted by molar-refractivity contribution is 6.06. The van der Waals surface area contributed by atoms with Crippen molar-refractivity contribution in [1.29, 1.82) is 0 Å². The van der Waals surface area contributed by atoms with E-state index >= 15 is 0 Å². The van der Waals surface area contributed by atoms with Gasteiger partial charge in [0.15, 0.2) is 5.82 Å². The van der Waals surface area contributed by atoms with E-state index in [4.69, 9.17) is 5.73 Å². The zero-order valence-electron chi connectivity index (χ0n) is 9.76. The smallest absolute Gasteiger partial charge is 0.228 e. The predicted molar refractivity (Wildman–Crippen MR) is 65.7 cm³/mol. The molecule has 1 aromatic heterocycles. The number of hydrogen-bond donors (Lipinski definition) is 1. The Balaban J connectivity index is 2.30. The quantitative estimate of drug-likeness (QED) is 0.810. The first kappa shape index (κ1) is 11.5. The first-order chi connectivity index (χ1) is 8.26. The van der Waals surface area contributed by atoms with Crippen LogP contribution in [-0.2, 0) is 13.1 Å². The van der Waals surface area contributed by atoms with E-state index in [9.17, 15) is 4.79 Å². The molecular weight excluding hydrogens is 214 g/mol. The van der Waals surface area contributed by atoms with E-state index < -0.39 is 0 Å². The molecule has 0 amide bonds. The molecule has 0 aliphatic carbocycles. The van der Waals surface area contributed by atoms with Crippen molar-refractivity contribution in [3.8, 4) is 0 Å². The molecule has 0 unspecified atom stereocenters. The van der Waals surface area contributed by atoms with Gasteiger partial charge < -0.3 is 10.3 Å². The molecule has 2 N–H and O–H groups in total. The number of carbonyl (C=O) groups excluding carboxylic acids is 1. The molecule has 1 aromatic carbocycles. The molecule has 0 saturated carbocycles. The number of nitrogens with two attached hydrogens (primary N) is 1. The minimum atomic E-state index is -0.0552. The molecule has 0 spiro atoms. The number of rotatable bonds is 4. The number of hydrogen-bond acceptors (Lipinski definition) is 3. The average Bonchev–Trinajstić information content (AvgIpc) is 2.86. The van der Waals surface area contributed by atoms with Crippen molar-refractivity contribution in [3.63, 3.8) is 0 Å². The van der Waals surface area contributed by atoms with Gasteiger partial charge in [0.05, 0.1) is 0 Å². The summed E-state index contributed by atoms with van der Waals surface area (Å²) in [6.07, 6.45) is 3.45. The Labute approximate surface area is 100 Å².